The van der Waals surface area contributed by atoms with E-state index in [1.165, 1.54) is 12.1 Å². The molecule has 1 amide bonds. The summed E-state index contributed by atoms with van der Waals surface area (Å²) >= 11 is 0. The van der Waals surface area contributed by atoms with Crippen LogP contribution in [0.5, 0.6) is 0 Å². The highest BCUT2D eigenvalue weighted by molar-refractivity contribution is 7.89. The lowest BCUT2D eigenvalue weighted by Gasteiger charge is -2.22. The standard InChI is InChI=1S/C21H26N2O3S/c1-5-23(15-16(2)3)21(24)20-13-19(12-11-17(20)4)27(25,26)22-14-18-9-7-6-8-10-18/h6-13,22H,2,5,14-15H2,1,3-4H3. The van der Waals surface area contributed by atoms with Crippen molar-refractivity contribution in [2.75, 3.05) is 13.1 Å². The maximum Gasteiger partial charge on any atom is 0.254 e. The first kappa shape index (κ1) is 20.9. The van der Waals surface area contributed by atoms with Gasteiger partial charge in [-0.3, -0.25) is 4.79 Å². The summed E-state index contributed by atoms with van der Waals surface area (Å²) < 4.78 is 27.9. The molecule has 0 heterocycles. The summed E-state index contributed by atoms with van der Waals surface area (Å²) in [6, 6.07) is 13.9. The molecule has 0 bridgehead atoms. The van der Waals surface area contributed by atoms with E-state index in [1.807, 2.05) is 44.2 Å². The number of carbonyl (C=O) groups is 1. The van der Waals surface area contributed by atoms with Gasteiger partial charge in [-0.2, -0.15) is 0 Å². The SMILES string of the molecule is C=C(C)CN(CC)C(=O)c1cc(S(=O)(=O)NCc2ccccc2)ccc1C. The molecular formula is C21H26N2O3S. The zero-order valence-electron chi connectivity index (χ0n) is 16.0. The van der Waals surface area contributed by atoms with Crippen LogP contribution >= 0.6 is 0 Å². The van der Waals surface area contributed by atoms with Crippen LogP contribution in [-0.2, 0) is 16.6 Å². The second kappa shape index (κ2) is 8.97. The molecule has 0 aliphatic rings. The third-order valence-electron chi connectivity index (χ3n) is 4.19. The summed E-state index contributed by atoms with van der Waals surface area (Å²) in [7, 11) is -3.73. The van der Waals surface area contributed by atoms with Gasteiger partial charge < -0.3 is 4.90 Å². The second-order valence-electron chi connectivity index (χ2n) is 6.56. The molecule has 0 radical (unpaired) electrons. The van der Waals surface area contributed by atoms with E-state index in [0.29, 0.717) is 18.7 Å². The number of likely N-dealkylation sites (N-methyl/N-ethyl adjacent to an activating group) is 1. The predicted octanol–water partition coefficient (Wildman–Crippen LogP) is 3.51. The third-order valence-corrected chi connectivity index (χ3v) is 5.59. The van der Waals surface area contributed by atoms with Crippen molar-refractivity contribution in [3.63, 3.8) is 0 Å². The normalized spacial score (nSPS) is 11.2. The van der Waals surface area contributed by atoms with Gasteiger partial charge >= 0.3 is 0 Å². The number of sulfonamides is 1. The average molecular weight is 387 g/mol. The van der Waals surface area contributed by atoms with Gasteiger partial charge in [-0.05, 0) is 44.0 Å². The lowest BCUT2D eigenvalue weighted by Crippen LogP contribution is -2.33. The van der Waals surface area contributed by atoms with Crippen LogP contribution in [0.25, 0.3) is 0 Å². The van der Waals surface area contributed by atoms with Crippen LogP contribution in [0.15, 0.2) is 65.6 Å². The zero-order valence-corrected chi connectivity index (χ0v) is 16.8. The summed E-state index contributed by atoms with van der Waals surface area (Å²) in [5.41, 5.74) is 2.86. The highest BCUT2D eigenvalue weighted by Gasteiger charge is 2.21. The van der Waals surface area contributed by atoms with Crippen molar-refractivity contribution in [1.82, 2.24) is 9.62 Å². The fourth-order valence-electron chi connectivity index (χ4n) is 2.68. The van der Waals surface area contributed by atoms with E-state index in [9.17, 15) is 13.2 Å². The van der Waals surface area contributed by atoms with Crippen LogP contribution in [0.2, 0.25) is 0 Å². The molecule has 6 heteroatoms. The van der Waals surface area contributed by atoms with Crippen LogP contribution < -0.4 is 4.72 Å². The summed E-state index contributed by atoms with van der Waals surface area (Å²) in [5.74, 6) is -0.196. The summed E-state index contributed by atoms with van der Waals surface area (Å²) in [6.07, 6.45) is 0. The number of benzene rings is 2. The smallest absolute Gasteiger partial charge is 0.254 e. The summed E-state index contributed by atoms with van der Waals surface area (Å²) in [4.78, 5) is 14.6. The molecule has 0 atom stereocenters. The van der Waals surface area contributed by atoms with Crippen molar-refractivity contribution >= 4 is 15.9 Å². The molecule has 0 saturated heterocycles. The number of rotatable bonds is 8. The quantitative estimate of drug-likeness (QED) is 0.706. The molecule has 144 valence electrons. The molecule has 0 saturated carbocycles. The number of aryl methyl sites for hydroxylation is 1. The number of nitrogens with zero attached hydrogens (tertiary/aromatic N) is 1. The van der Waals surface area contributed by atoms with E-state index in [0.717, 1.165) is 16.7 Å². The predicted molar refractivity (Wildman–Crippen MR) is 108 cm³/mol. The highest BCUT2D eigenvalue weighted by Crippen LogP contribution is 2.18. The van der Waals surface area contributed by atoms with Gasteiger partial charge in [-0.15, -0.1) is 0 Å². The number of hydrogen-bond donors (Lipinski definition) is 1. The number of nitrogens with one attached hydrogen (secondary N) is 1. The maximum absolute atomic E-state index is 12.9. The fourth-order valence-corrected chi connectivity index (χ4v) is 3.72. The molecule has 2 rings (SSSR count). The number of hydrogen-bond acceptors (Lipinski definition) is 3. The van der Waals surface area contributed by atoms with Crippen LogP contribution in [0.4, 0.5) is 0 Å². The average Bonchev–Trinajstić information content (AvgIpc) is 2.65. The van der Waals surface area contributed by atoms with Gasteiger partial charge in [0.05, 0.1) is 4.90 Å². The molecule has 2 aromatic carbocycles. The number of carbonyl (C=O) groups excluding carboxylic acids is 1. The Bertz CT molecular complexity index is 922. The third kappa shape index (κ3) is 5.52. The Balaban J connectivity index is 2.27. The molecule has 27 heavy (non-hydrogen) atoms. The van der Waals surface area contributed by atoms with Gasteiger partial charge in [-0.1, -0.05) is 48.6 Å². The minimum absolute atomic E-state index is 0.0822. The lowest BCUT2D eigenvalue weighted by atomic mass is 10.1. The zero-order chi connectivity index (χ0) is 20.0. The van der Waals surface area contributed by atoms with Crippen LogP contribution in [0.3, 0.4) is 0 Å². The van der Waals surface area contributed by atoms with Crippen molar-refractivity contribution in [2.24, 2.45) is 0 Å². The van der Waals surface area contributed by atoms with Gasteiger partial charge in [0.1, 0.15) is 0 Å². The van der Waals surface area contributed by atoms with Crippen molar-refractivity contribution in [2.45, 2.75) is 32.2 Å². The number of amides is 1. The Kier molecular flexibility index (Phi) is 6.93. The molecule has 5 nitrogen and oxygen atoms in total. The Morgan fingerprint density at radius 2 is 1.81 bits per heavy atom. The minimum Gasteiger partial charge on any atom is -0.335 e. The minimum atomic E-state index is -3.73. The van der Waals surface area contributed by atoms with Crippen LogP contribution in [0.1, 0.15) is 35.3 Å². The molecule has 2 aromatic rings. The molecule has 0 unspecified atom stereocenters. The van der Waals surface area contributed by atoms with Gasteiger partial charge in [0, 0.05) is 25.2 Å². The Morgan fingerprint density at radius 3 is 2.41 bits per heavy atom. The first-order valence-corrected chi connectivity index (χ1v) is 10.3. The second-order valence-corrected chi connectivity index (χ2v) is 8.33. The molecule has 1 N–H and O–H groups in total. The summed E-state index contributed by atoms with van der Waals surface area (Å²) in [6.45, 7) is 10.6. The molecule has 0 fully saturated rings. The van der Waals surface area contributed by atoms with Crippen molar-refractivity contribution in [3.8, 4) is 0 Å². The molecule has 0 aliphatic heterocycles. The van der Waals surface area contributed by atoms with E-state index in [1.54, 1.807) is 17.9 Å². The van der Waals surface area contributed by atoms with Gasteiger partial charge in [0.25, 0.3) is 5.91 Å². The monoisotopic (exact) mass is 386 g/mol. The van der Waals surface area contributed by atoms with E-state index in [-0.39, 0.29) is 17.3 Å². The van der Waals surface area contributed by atoms with E-state index >= 15 is 0 Å². The van der Waals surface area contributed by atoms with Crippen molar-refractivity contribution < 1.29 is 13.2 Å². The maximum atomic E-state index is 12.9. The van der Waals surface area contributed by atoms with Gasteiger partial charge in [-0.25, -0.2) is 13.1 Å². The van der Waals surface area contributed by atoms with Gasteiger partial charge in [0.15, 0.2) is 0 Å². The van der Waals surface area contributed by atoms with Crippen molar-refractivity contribution in [3.05, 3.63) is 77.4 Å². The Morgan fingerprint density at radius 1 is 1.15 bits per heavy atom. The van der Waals surface area contributed by atoms with Crippen molar-refractivity contribution in [1.29, 1.82) is 0 Å². The largest absolute Gasteiger partial charge is 0.335 e. The fraction of sp³-hybridized carbons (Fsp3) is 0.286. The lowest BCUT2D eigenvalue weighted by molar-refractivity contribution is 0.0777. The van der Waals surface area contributed by atoms with Crippen LogP contribution in [0, 0.1) is 6.92 Å². The Hall–Kier alpha value is -2.44. The van der Waals surface area contributed by atoms with E-state index < -0.39 is 10.0 Å². The summed E-state index contributed by atoms with van der Waals surface area (Å²) in [5, 5.41) is 0. The molecule has 0 spiro atoms. The molecule has 0 aromatic heterocycles. The molecule has 0 aliphatic carbocycles. The Labute approximate surface area is 161 Å². The van der Waals surface area contributed by atoms with Gasteiger partial charge in [0.2, 0.25) is 10.0 Å². The highest BCUT2D eigenvalue weighted by atomic mass is 32.2. The van der Waals surface area contributed by atoms with E-state index in [2.05, 4.69) is 11.3 Å². The molecular weight excluding hydrogens is 360 g/mol. The van der Waals surface area contributed by atoms with E-state index in [4.69, 9.17) is 0 Å². The first-order chi connectivity index (χ1) is 12.7. The topological polar surface area (TPSA) is 66.5 Å². The first-order valence-electron chi connectivity index (χ1n) is 8.82. The van der Waals surface area contributed by atoms with Crippen LogP contribution in [-0.4, -0.2) is 32.3 Å².